The minimum Gasteiger partial charge on any atom is -0.493 e. The van der Waals surface area contributed by atoms with Gasteiger partial charge in [0.2, 0.25) is 0 Å². The maximum Gasteiger partial charge on any atom is 0.337 e. The number of amides is 2. The van der Waals surface area contributed by atoms with Crippen molar-refractivity contribution in [2.45, 2.75) is 19.4 Å². The Hall–Kier alpha value is -2.78. The van der Waals surface area contributed by atoms with Crippen molar-refractivity contribution in [2.24, 2.45) is 5.10 Å². The van der Waals surface area contributed by atoms with E-state index in [1.54, 1.807) is 21.3 Å². The fourth-order valence-corrected chi connectivity index (χ4v) is 5.14. The number of hydrogen-bond donors (Lipinski definition) is 1. The molecule has 0 bridgehead atoms. The summed E-state index contributed by atoms with van der Waals surface area (Å²) in [5.74, 6) is 1.29. The summed E-state index contributed by atoms with van der Waals surface area (Å²) in [5.41, 5.74) is 4.77. The molecule has 182 valence electrons. The number of piperazine rings is 1. The van der Waals surface area contributed by atoms with E-state index in [-0.39, 0.29) is 12.1 Å². The monoisotopic (exact) mass is 529 g/mol. The van der Waals surface area contributed by atoms with Crippen molar-refractivity contribution in [3.05, 3.63) is 51.5 Å². The first-order valence-corrected chi connectivity index (χ1v) is 12.2. The second-order valence-electron chi connectivity index (χ2n) is 8.72. The molecule has 0 unspecified atom stereocenters. The third-order valence-electron chi connectivity index (χ3n) is 6.49. The number of rotatable bonds is 4. The van der Waals surface area contributed by atoms with Crippen LogP contribution < -0.4 is 19.7 Å². The number of hydrazone groups is 1. The van der Waals surface area contributed by atoms with Gasteiger partial charge in [-0.2, -0.15) is 5.10 Å². The lowest BCUT2D eigenvalue weighted by Gasteiger charge is -2.34. The van der Waals surface area contributed by atoms with Gasteiger partial charge in [0.1, 0.15) is 0 Å². The predicted octanol–water partition coefficient (Wildman–Crippen LogP) is 3.56. The molecular weight excluding hydrogens is 498 g/mol. The van der Waals surface area contributed by atoms with Crippen LogP contribution in [-0.2, 0) is 6.42 Å². The Kier molecular flexibility index (Phi) is 7.33. The number of methoxy groups -OCH3 is 2. The number of ether oxygens (including phenoxy) is 2. The highest BCUT2D eigenvalue weighted by atomic mass is 79.9. The van der Waals surface area contributed by atoms with Gasteiger partial charge in [0.25, 0.3) is 0 Å². The van der Waals surface area contributed by atoms with E-state index in [1.807, 2.05) is 19.1 Å². The zero-order chi connectivity index (χ0) is 24.4. The summed E-state index contributed by atoms with van der Waals surface area (Å²) >= 11 is 3.80. The van der Waals surface area contributed by atoms with E-state index in [0.717, 1.165) is 58.7 Å². The van der Waals surface area contributed by atoms with Gasteiger partial charge in [0, 0.05) is 48.8 Å². The van der Waals surface area contributed by atoms with Crippen LogP contribution in [0.15, 0.2) is 39.9 Å². The molecule has 4 rings (SSSR count). The van der Waals surface area contributed by atoms with Crippen LogP contribution in [-0.4, -0.2) is 82.2 Å². The minimum absolute atomic E-state index is 0.137. The molecule has 0 saturated carbocycles. The van der Waals surface area contributed by atoms with Crippen LogP contribution in [0.4, 0.5) is 10.5 Å². The lowest BCUT2D eigenvalue weighted by atomic mass is 9.94. The van der Waals surface area contributed by atoms with Crippen molar-refractivity contribution in [1.29, 1.82) is 0 Å². The van der Waals surface area contributed by atoms with E-state index < -0.39 is 0 Å². The van der Waals surface area contributed by atoms with Crippen LogP contribution >= 0.6 is 15.9 Å². The van der Waals surface area contributed by atoms with Gasteiger partial charge in [0.15, 0.2) is 11.5 Å². The number of carbonyl (C=O) groups excluding carboxylic acids is 1. The number of benzene rings is 2. The van der Waals surface area contributed by atoms with Gasteiger partial charge in [-0.05, 0) is 66.2 Å². The summed E-state index contributed by atoms with van der Waals surface area (Å²) in [6.07, 6.45) is 0.636. The van der Waals surface area contributed by atoms with Gasteiger partial charge < -0.3 is 24.6 Å². The molecule has 1 atom stereocenters. The Labute approximate surface area is 209 Å². The number of fused-ring (bicyclic) bond motifs is 1. The van der Waals surface area contributed by atoms with E-state index in [1.165, 1.54) is 5.01 Å². The third kappa shape index (κ3) is 4.72. The smallest absolute Gasteiger partial charge is 0.337 e. The quantitative estimate of drug-likeness (QED) is 0.655. The van der Waals surface area contributed by atoms with E-state index in [4.69, 9.17) is 14.6 Å². The standard InChI is InChI=1S/C25H32BrN5O3/c1-16-12-18-14-22(33-4)23(34-5)15-19(18)24(28-31(16)25(32)27-2)17-6-7-21(20(26)13-17)30-10-8-29(3)9-11-30/h6-7,13-16H,8-12H2,1-5H3,(H,27,32)/t16-/m0/s1. The maximum atomic E-state index is 12.7. The van der Waals surface area contributed by atoms with Crippen LogP contribution in [0.2, 0.25) is 0 Å². The van der Waals surface area contributed by atoms with Crippen molar-refractivity contribution in [2.75, 3.05) is 59.4 Å². The molecule has 2 aliphatic rings. The molecule has 8 nitrogen and oxygen atoms in total. The number of nitrogens with zero attached hydrogens (tertiary/aromatic N) is 4. The summed E-state index contributed by atoms with van der Waals surface area (Å²) in [4.78, 5) is 17.4. The minimum atomic E-state index is -0.246. The lowest BCUT2D eigenvalue weighted by molar-refractivity contribution is 0.184. The van der Waals surface area contributed by atoms with Gasteiger partial charge in [-0.15, -0.1) is 0 Å². The van der Waals surface area contributed by atoms with Crippen LogP contribution in [0.1, 0.15) is 23.6 Å². The van der Waals surface area contributed by atoms with Crippen LogP contribution in [0.25, 0.3) is 0 Å². The normalized spacial score (nSPS) is 18.6. The molecule has 0 aliphatic carbocycles. The average molecular weight is 530 g/mol. The fourth-order valence-electron chi connectivity index (χ4n) is 4.51. The van der Waals surface area contributed by atoms with Crippen molar-refractivity contribution in [1.82, 2.24) is 15.2 Å². The zero-order valence-corrected chi connectivity index (χ0v) is 22.0. The average Bonchev–Trinajstić information content (AvgIpc) is 2.98. The molecule has 0 spiro atoms. The molecule has 1 fully saturated rings. The van der Waals surface area contributed by atoms with Crippen molar-refractivity contribution in [3.63, 3.8) is 0 Å². The first-order valence-electron chi connectivity index (χ1n) is 11.4. The summed E-state index contributed by atoms with van der Waals surface area (Å²) in [5, 5.41) is 9.10. The Morgan fingerprint density at radius 2 is 1.76 bits per heavy atom. The molecule has 1 N–H and O–H groups in total. The highest BCUT2D eigenvalue weighted by Crippen LogP contribution is 2.36. The summed E-state index contributed by atoms with van der Waals surface area (Å²) in [7, 11) is 7.03. The zero-order valence-electron chi connectivity index (χ0n) is 20.4. The Bertz CT molecular complexity index is 1100. The topological polar surface area (TPSA) is 69.6 Å². The number of anilines is 1. The molecule has 2 aliphatic heterocycles. The first-order chi connectivity index (χ1) is 16.4. The Morgan fingerprint density at radius 3 is 2.38 bits per heavy atom. The van der Waals surface area contributed by atoms with E-state index in [0.29, 0.717) is 17.9 Å². The molecule has 2 amide bonds. The summed E-state index contributed by atoms with van der Waals surface area (Å²) in [6.45, 7) is 6.03. The molecule has 9 heteroatoms. The molecular formula is C25H32BrN5O3. The van der Waals surface area contributed by atoms with Gasteiger partial charge in [-0.1, -0.05) is 6.07 Å². The third-order valence-corrected chi connectivity index (χ3v) is 7.13. The SMILES string of the molecule is CNC(=O)N1N=C(c2ccc(N3CCN(C)CC3)c(Br)c2)c2cc(OC)c(OC)cc2C[C@@H]1C. The number of nitrogens with one attached hydrogen (secondary N) is 1. The second kappa shape index (κ2) is 10.2. The van der Waals surface area contributed by atoms with Crippen LogP contribution in [0.5, 0.6) is 11.5 Å². The Balaban J connectivity index is 1.82. The number of likely N-dealkylation sites (N-methyl/N-ethyl adjacent to an activating group) is 1. The summed E-state index contributed by atoms with van der Waals surface area (Å²) < 4.78 is 12.1. The number of carbonyl (C=O) groups is 1. The first kappa shape index (κ1) is 24.3. The molecule has 0 radical (unpaired) electrons. The van der Waals surface area contributed by atoms with E-state index in [2.05, 4.69) is 56.3 Å². The lowest BCUT2D eigenvalue weighted by Crippen LogP contribution is -2.44. The van der Waals surface area contributed by atoms with Gasteiger partial charge in [0.05, 0.1) is 31.7 Å². The van der Waals surface area contributed by atoms with Gasteiger partial charge >= 0.3 is 6.03 Å². The van der Waals surface area contributed by atoms with E-state index in [9.17, 15) is 4.79 Å². The predicted molar refractivity (Wildman–Crippen MR) is 138 cm³/mol. The summed E-state index contributed by atoms with van der Waals surface area (Å²) in [6, 6.07) is 9.86. The van der Waals surface area contributed by atoms with Crippen LogP contribution in [0, 0.1) is 0 Å². The highest BCUT2D eigenvalue weighted by molar-refractivity contribution is 9.10. The molecule has 2 aromatic rings. The Morgan fingerprint density at radius 1 is 1.09 bits per heavy atom. The van der Waals surface area contributed by atoms with Crippen LogP contribution in [0.3, 0.4) is 0 Å². The number of hydrogen-bond acceptors (Lipinski definition) is 6. The maximum absolute atomic E-state index is 12.7. The van der Waals surface area contributed by atoms with Gasteiger partial charge in [-0.3, -0.25) is 0 Å². The molecule has 2 aromatic carbocycles. The number of urea groups is 1. The molecule has 0 aromatic heterocycles. The highest BCUT2D eigenvalue weighted by Gasteiger charge is 2.29. The van der Waals surface area contributed by atoms with Crippen molar-refractivity contribution in [3.8, 4) is 11.5 Å². The van der Waals surface area contributed by atoms with Gasteiger partial charge in [-0.25, -0.2) is 9.80 Å². The number of halogens is 1. The fraction of sp³-hybridized carbons (Fsp3) is 0.440. The molecule has 1 saturated heterocycles. The van der Waals surface area contributed by atoms with Crippen molar-refractivity contribution < 1.29 is 14.3 Å². The molecule has 34 heavy (non-hydrogen) atoms. The molecule has 2 heterocycles. The van der Waals surface area contributed by atoms with E-state index >= 15 is 0 Å². The largest absolute Gasteiger partial charge is 0.493 e. The van der Waals surface area contributed by atoms with Crippen molar-refractivity contribution >= 4 is 33.4 Å². The second-order valence-corrected chi connectivity index (χ2v) is 9.58.